The highest BCUT2D eigenvalue weighted by atomic mass is 16.6. The highest BCUT2D eigenvalue weighted by molar-refractivity contribution is 5.79. The van der Waals surface area contributed by atoms with Crippen molar-refractivity contribution in [2.45, 2.75) is 349 Å². The van der Waals surface area contributed by atoms with Crippen LogP contribution in [0.25, 0.3) is 44.5 Å². The molecule has 10 aromatic carbocycles. The first kappa shape index (κ1) is 135. The van der Waals surface area contributed by atoms with E-state index < -0.39 is 10.8 Å². The van der Waals surface area contributed by atoms with Gasteiger partial charge in [0.1, 0.15) is 36.6 Å². The Hall–Kier alpha value is -11.0. The van der Waals surface area contributed by atoms with Crippen LogP contribution in [0.3, 0.4) is 0 Å². The number of hydrogen-bond donors (Lipinski definition) is 0. The normalized spacial score (nSPS) is 13.5. The van der Waals surface area contributed by atoms with Crippen molar-refractivity contribution in [1.29, 1.82) is 0 Å². The number of rotatable bonds is 26. The number of fused-ring (bicyclic) bond motifs is 2. The van der Waals surface area contributed by atoms with Crippen molar-refractivity contribution in [3.63, 3.8) is 0 Å². The summed E-state index contributed by atoms with van der Waals surface area (Å²) in [5.41, 5.74) is 19.4. The van der Waals surface area contributed by atoms with Crippen LogP contribution in [0.15, 0.2) is 255 Å². The zero-order valence-corrected chi connectivity index (χ0v) is 77.5. The summed E-state index contributed by atoms with van der Waals surface area (Å²) >= 11 is 0. The lowest BCUT2D eigenvalue weighted by atomic mass is 9.88. The van der Waals surface area contributed by atoms with Crippen molar-refractivity contribution in [1.82, 2.24) is 0 Å². The van der Waals surface area contributed by atoms with E-state index in [1.165, 1.54) is 72.3 Å². The van der Waals surface area contributed by atoms with Gasteiger partial charge in [0.05, 0.1) is 33.5 Å². The second-order valence-corrected chi connectivity index (χ2v) is 35.4. The molecule has 0 spiro atoms. The van der Waals surface area contributed by atoms with Gasteiger partial charge in [0, 0.05) is 0 Å². The molecule has 0 N–H and O–H groups in total. The molecule has 0 saturated carbocycles. The van der Waals surface area contributed by atoms with Gasteiger partial charge in [0.2, 0.25) is 0 Å². The fourth-order valence-corrected chi connectivity index (χ4v) is 13.0. The minimum Gasteiger partial charge on any atom is -0.458 e. The Morgan fingerprint density at radius 2 is 0.496 bits per heavy atom. The van der Waals surface area contributed by atoms with Crippen molar-refractivity contribution in [2.75, 3.05) is 0 Å². The van der Waals surface area contributed by atoms with Crippen LogP contribution in [0.1, 0.15) is 378 Å². The summed E-state index contributed by atoms with van der Waals surface area (Å²) in [5, 5.41) is 0. The van der Waals surface area contributed by atoms with Gasteiger partial charge in [-0.2, -0.15) is 0 Å². The van der Waals surface area contributed by atoms with Crippen molar-refractivity contribution in [3.8, 4) is 44.5 Å². The van der Waals surface area contributed by atoms with Crippen molar-refractivity contribution < 1.29 is 57.2 Å². The summed E-state index contributed by atoms with van der Waals surface area (Å²) < 4.78 is 33.6. The Morgan fingerprint density at radius 3 is 0.763 bits per heavy atom. The lowest BCUT2D eigenvalue weighted by Gasteiger charge is -2.29. The second-order valence-electron chi connectivity index (χ2n) is 35.4. The predicted molar refractivity (Wildman–Crippen MR) is 583 cm³/mol. The SMILES string of the molecule is C.C.C.C.C.C.C.C.C.C.C.C.CCC(C)(C)C(=O)OC(C)c1ccc(-c2ccc(C)cc2)cc1.CCC(C)(C)C(=O)OC(C)c1ccc(-c2ccccc2)cc1.CCC(C)(C)C(=O)OC1CCCc2ccccc21.CCC(C)(C)C(=O)OC1CCc2ccccc21.CCC(C)C(=O)OC(C)c1ccc(-c2ccc(C)cc2)cc1.CCC(C)C(=O)OC(C)c1ccc(-c2ccccc2)cc1. The number of ether oxygens (including phenoxy) is 6. The average Bonchev–Trinajstić information content (AvgIpc) is 1.78. The molecule has 8 atom stereocenters. The predicted octanol–water partition coefficient (Wildman–Crippen LogP) is 36.7. The van der Waals surface area contributed by atoms with E-state index in [-0.39, 0.29) is 184 Å². The van der Waals surface area contributed by atoms with Gasteiger partial charge < -0.3 is 28.4 Å². The molecular formula is C123H186O12. The first-order chi connectivity index (χ1) is 58.5. The first-order valence-corrected chi connectivity index (χ1v) is 44.5. The molecule has 2 aliphatic carbocycles. The summed E-state index contributed by atoms with van der Waals surface area (Å²) in [4.78, 5) is 72.2. The number of esters is 6. The van der Waals surface area contributed by atoms with Gasteiger partial charge >= 0.3 is 35.8 Å². The Bertz CT molecular complexity index is 4910. The monoisotopic (exact) mass is 1860 g/mol. The van der Waals surface area contributed by atoms with E-state index in [4.69, 9.17) is 28.4 Å². The van der Waals surface area contributed by atoms with E-state index in [0.717, 1.165) is 98.4 Å². The molecule has 0 radical (unpaired) electrons. The number of carbonyl (C=O) groups excluding carboxylic acids is 6. The Morgan fingerprint density at radius 1 is 0.274 bits per heavy atom. The highest BCUT2D eigenvalue weighted by Gasteiger charge is 2.35. The Kier molecular flexibility index (Phi) is 64.8. The molecule has 8 unspecified atom stereocenters. The molecular weight excluding hydrogens is 1670 g/mol. The van der Waals surface area contributed by atoms with Crippen LogP contribution < -0.4 is 0 Å². The van der Waals surface area contributed by atoms with E-state index in [1.54, 1.807) is 0 Å². The lowest BCUT2D eigenvalue weighted by Crippen LogP contribution is -2.28. The van der Waals surface area contributed by atoms with Crippen LogP contribution in [0, 0.1) is 47.3 Å². The maximum absolute atomic E-state index is 12.2. The van der Waals surface area contributed by atoms with Crippen molar-refractivity contribution in [2.24, 2.45) is 33.5 Å². The molecule has 0 heterocycles. The van der Waals surface area contributed by atoms with Crippen LogP contribution >= 0.6 is 0 Å². The van der Waals surface area contributed by atoms with Crippen LogP contribution in [-0.4, -0.2) is 35.8 Å². The quantitative estimate of drug-likeness (QED) is 0.0374. The third kappa shape index (κ3) is 40.8. The minimum absolute atomic E-state index is 0. The van der Waals surface area contributed by atoms with E-state index in [0.29, 0.717) is 0 Å². The van der Waals surface area contributed by atoms with E-state index >= 15 is 0 Å². The third-order valence-electron chi connectivity index (χ3n) is 24.3. The van der Waals surface area contributed by atoms with Gasteiger partial charge in [0.15, 0.2) is 0 Å². The standard InChI is InChI=1S/C21H26O2.2C20H24O2.C19H22O2.C16H22O2.C15H20O2.12CH4/c1-6-21(4,5)20(22)23-16(3)17-11-13-19(14-12-17)18-9-7-15(2)8-10-18;1-5-15(3)20(21)22-16(4)17-10-12-19(13-11-17)18-8-6-14(2)7-9-18;1-5-20(3,4)19(21)22-15(2)16-11-13-18(14-12-16)17-9-7-6-8-10-17;1-4-14(2)19(20)21-15(3)16-10-12-18(13-11-16)17-8-6-5-7-9-17;1-4-16(2,3)15(17)18-14-11-7-9-12-8-5-6-10-13(12)14;1-4-15(2,3)14(16)17-13-10-9-11-7-5-6-8-12(11)13;;;;;;;;;;;;/h7-14,16H,6H2,1-5H3;6-13,15-16H,5H2,1-4H3;6-15H,5H2,1-4H3;5-15H,4H2,1-3H3;5-6,8,10,14H,4,7,9,11H2,1-3H3;5-8,13H,4,9-10H2,1-3H3;12*1H4. The van der Waals surface area contributed by atoms with Crippen LogP contribution in [0.4, 0.5) is 0 Å². The van der Waals surface area contributed by atoms with Crippen LogP contribution in [0.5, 0.6) is 0 Å². The minimum atomic E-state index is -0.434. The molecule has 0 fully saturated rings. The van der Waals surface area contributed by atoms with Gasteiger partial charge in [-0.3, -0.25) is 28.8 Å². The average molecular weight is 1860 g/mol. The van der Waals surface area contributed by atoms with E-state index in [1.807, 2.05) is 242 Å². The molecule has 0 amide bonds. The summed E-state index contributed by atoms with van der Waals surface area (Å²) in [5.74, 6) is -0.793. The molecule has 10 aromatic rings. The number of benzene rings is 10. The number of aryl methyl sites for hydroxylation is 4. The molecule has 12 heteroatoms. The summed E-state index contributed by atoms with van der Waals surface area (Å²) in [6.45, 7) is 43.1. The smallest absolute Gasteiger partial charge is 0.312 e. The lowest BCUT2D eigenvalue weighted by molar-refractivity contribution is -0.161. The van der Waals surface area contributed by atoms with Gasteiger partial charge in [-0.25, -0.2) is 0 Å². The molecule has 0 aromatic heterocycles. The maximum atomic E-state index is 12.2. The first-order valence-electron chi connectivity index (χ1n) is 44.5. The maximum Gasteiger partial charge on any atom is 0.312 e. The Balaban J connectivity index is -0.000000364. The summed E-state index contributed by atoms with van der Waals surface area (Å²) in [7, 11) is 0. The largest absolute Gasteiger partial charge is 0.458 e. The molecule has 12 rings (SSSR count). The Labute approximate surface area is 825 Å². The molecule has 0 bridgehead atoms. The molecule has 12 nitrogen and oxygen atoms in total. The van der Waals surface area contributed by atoms with Gasteiger partial charge in [-0.05, 0) is 257 Å². The second kappa shape index (κ2) is 64.9. The van der Waals surface area contributed by atoms with E-state index in [9.17, 15) is 28.8 Å². The molecule has 0 saturated heterocycles. The molecule has 750 valence electrons. The fraction of sp³-hybridized carbons (Fsp3) is 0.463. The van der Waals surface area contributed by atoms with E-state index in [2.05, 4.69) is 166 Å². The highest BCUT2D eigenvalue weighted by Crippen LogP contribution is 2.39. The van der Waals surface area contributed by atoms with Crippen molar-refractivity contribution in [3.05, 3.63) is 310 Å². The topological polar surface area (TPSA) is 158 Å². The number of carbonyl (C=O) groups is 6. The van der Waals surface area contributed by atoms with Crippen LogP contribution in [-0.2, 0) is 70.0 Å². The molecule has 2 aliphatic rings. The molecule has 135 heavy (non-hydrogen) atoms. The van der Waals surface area contributed by atoms with Gasteiger partial charge in [-0.1, -0.05) is 410 Å². The zero-order chi connectivity index (χ0) is 90.2. The molecule has 0 aliphatic heterocycles. The van der Waals surface area contributed by atoms with Gasteiger partial charge in [-0.15, -0.1) is 0 Å². The number of hydrogen-bond acceptors (Lipinski definition) is 12. The zero-order valence-electron chi connectivity index (χ0n) is 77.5. The van der Waals surface area contributed by atoms with Crippen molar-refractivity contribution >= 4 is 35.8 Å². The fourth-order valence-electron chi connectivity index (χ4n) is 13.0. The third-order valence-corrected chi connectivity index (χ3v) is 24.3. The summed E-state index contributed by atoms with van der Waals surface area (Å²) in [6.07, 6.45) is 8.86. The van der Waals surface area contributed by atoms with Gasteiger partial charge in [0.25, 0.3) is 0 Å². The van der Waals surface area contributed by atoms with Crippen LogP contribution in [0.2, 0.25) is 0 Å². The summed E-state index contributed by atoms with van der Waals surface area (Å²) in [6, 6.07) is 86.8.